The first-order chi connectivity index (χ1) is 13.2. The van der Waals surface area contributed by atoms with Gasteiger partial charge in [0.15, 0.2) is 0 Å². The summed E-state index contributed by atoms with van der Waals surface area (Å²) < 4.78 is 37.3. The van der Waals surface area contributed by atoms with Crippen molar-refractivity contribution in [3.05, 3.63) is 59.2 Å². The molecular weight excluding hydrogens is 382 g/mol. The number of carbonyl (C=O) groups excluding carboxylic acids is 2. The lowest BCUT2D eigenvalue weighted by Crippen LogP contribution is -2.17. The number of anilines is 1. The Morgan fingerprint density at radius 3 is 2.14 bits per heavy atom. The van der Waals surface area contributed by atoms with Crippen molar-refractivity contribution in [1.82, 2.24) is 0 Å². The third-order valence-corrected chi connectivity index (χ3v) is 5.84. The van der Waals surface area contributed by atoms with Crippen LogP contribution in [0.4, 0.5) is 5.69 Å². The van der Waals surface area contributed by atoms with Crippen LogP contribution in [-0.4, -0.2) is 34.6 Å². The van der Waals surface area contributed by atoms with E-state index in [0.717, 1.165) is 12.0 Å². The van der Waals surface area contributed by atoms with Crippen molar-refractivity contribution in [2.75, 3.05) is 18.9 Å². The molecule has 8 heteroatoms. The highest BCUT2D eigenvalue weighted by Crippen LogP contribution is 2.25. The first-order valence-corrected chi connectivity index (χ1v) is 10.1. The highest BCUT2D eigenvalue weighted by Gasteiger charge is 2.21. The summed E-state index contributed by atoms with van der Waals surface area (Å²) in [7, 11) is -1.60. The van der Waals surface area contributed by atoms with E-state index in [9.17, 15) is 18.0 Å². The molecule has 0 saturated carbocycles. The van der Waals surface area contributed by atoms with Crippen LogP contribution in [-0.2, 0) is 19.5 Å². The minimum atomic E-state index is -3.99. The Kier molecular flexibility index (Phi) is 6.80. The van der Waals surface area contributed by atoms with Gasteiger partial charge in [0.25, 0.3) is 10.0 Å². The number of methoxy groups -OCH3 is 2. The Labute approximate surface area is 164 Å². The summed E-state index contributed by atoms with van der Waals surface area (Å²) in [5.41, 5.74) is 1.04. The maximum absolute atomic E-state index is 12.8. The van der Waals surface area contributed by atoms with E-state index < -0.39 is 22.0 Å². The standard InChI is InChI=1S/C20H23NO6S/c1-5-13(2)14-6-9-16(10-7-14)28(24,25)21-18-12-15(19(22)26-3)8-11-17(18)20(23)27-4/h6-13,21H,5H2,1-4H3. The maximum atomic E-state index is 12.8. The van der Waals surface area contributed by atoms with Crippen molar-refractivity contribution < 1.29 is 27.5 Å². The molecule has 2 rings (SSSR count). The van der Waals surface area contributed by atoms with Crippen LogP contribution in [0.2, 0.25) is 0 Å². The van der Waals surface area contributed by atoms with Crippen LogP contribution in [0.25, 0.3) is 0 Å². The second-order valence-corrected chi connectivity index (χ2v) is 7.91. The van der Waals surface area contributed by atoms with Crippen molar-refractivity contribution >= 4 is 27.6 Å². The molecule has 0 aliphatic heterocycles. The number of esters is 2. The molecule has 0 saturated heterocycles. The van der Waals surface area contributed by atoms with Crippen molar-refractivity contribution in [1.29, 1.82) is 0 Å². The normalized spacial score (nSPS) is 12.1. The maximum Gasteiger partial charge on any atom is 0.339 e. The van der Waals surface area contributed by atoms with Gasteiger partial charge in [-0.15, -0.1) is 0 Å². The Bertz CT molecular complexity index is 967. The molecule has 2 aromatic rings. The van der Waals surface area contributed by atoms with Crippen LogP contribution in [0.15, 0.2) is 47.4 Å². The average molecular weight is 405 g/mol. The summed E-state index contributed by atoms with van der Waals surface area (Å²) in [6.07, 6.45) is 0.938. The minimum Gasteiger partial charge on any atom is -0.465 e. The monoisotopic (exact) mass is 405 g/mol. The van der Waals surface area contributed by atoms with Gasteiger partial charge < -0.3 is 9.47 Å². The number of rotatable bonds is 7. The number of carbonyl (C=O) groups is 2. The van der Waals surface area contributed by atoms with Gasteiger partial charge >= 0.3 is 11.9 Å². The molecule has 0 aliphatic carbocycles. The van der Waals surface area contributed by atoms with Crippen LogP contribution in [0.3, 0.4) is 0 Å². The highest BCUT2D eigenvalue weighted by molar-refractivity contribution is 7.92. The molecule has 0 bridgehead atoms. The van der Waals surface area contributed by atoms with Gasteiger partial charge in [-0.3, -0.25) is 4.72 Å². The van der Waals surface area contributed by atoms with Gasteiger partial charge in [0.05, 0.1) is 35.9 Å². The van der Waals surface area contributed by atoms with E-state index in [1.54, 1.807) is 12.1 Å². The lowest BCUT2D eigenvalue weighted by Gasteiger charge is -2.14. The van der Waals surface area contributed by atoms with Gasteiger partial charge in [-0.25, -0.2) is 18.0 Å². The molecule has 7 nitrogen and oxygen atoms in total. The first kappa shape index (κ1) is 21.4. The van der Waals surface area contributed by atoms with E-state index in [-0.39, 0.29) is 21.7 Å². The predicted molar refractivity (Wildman–Crippen MR) is 105 cm³/mol. The quantitative estimate of drug-likeness (QED) is 0.707. The summed E-state index contributed by atoms with van der Waals surface area (Å²) >= 11 is 0. The fourth-order valence-corrected chi connectivity index (χ4v) is 3.65. The summed E-state index contributed by atoms with van der Waals surface area (Å²) in [6, 6.07) is 10.4. The topological polar surface area (TPSA) is 98.8 Å². The number of benzene rings is 2. The van der Waals surface area contributed by atoms with E-state index >= 15 is 0 Å². The molecular formula is C20H23NO6S. The van der Waals surface area contributed by atoms with Gasteiger partial charge in [-0.2, -0.15) is 0 Å². The van der Waals surface area contributed by atoms with Crippen molar-refractivity contribution in [3.8, 4) is 0 Å². The van der Waals surface area contributed by atoms with Gasteiger partial charge in [-0.05, 0) is 48.2 Å². The third kappa shape index (κ3) is 4.69. The highest BCUT2D eigenvalue weighted by atomic mass is 32.2. The molecule has 2 aromatic carbocycles. The van der Waals surface area contributed by atoms with E-state index in [1.165, 1.54) is 44.6 Å². The molecule has 0 heterocycles. The molecule has 0 fully saturated rings. The Morgan fingerprint density at radius 2 is 1.61 bits per heavy atom. The minimum absolute atomic E-state index is 0.0186. The van der Waals surface area contributed by atoms with Gasteiger partial charge in [-0.1, -0.05) is 26.0 Å². The van der Waals surface area contributed by atoms with Crippen LogP contribution in [0.5, 0.6) is 0 Å². The summed E-state index contributed by atoms with van der Waals surface area (Å²) in [5.74, 6) is -1.08. The fourth-order valence-electron chi connectivity index (χ4n) is 2.58. The zero-order valence-electron chi connectivity index (χ0n) is 16.2. The molecule has 0 aliphatic rings. The molecule has 28 heavy (non-hydrogen) atoms. The van der Waals surface area contributed by atoms with Gasteiger partial charge in [0.1, 0.15) is 0 Å². The van der Waals surface area contributed by atoms with Crippen LogP contribution >= 0.6 is 0 Å². The van der Waals surface area contributed by atoms with E-state index in [2.05, 4.69) is 28.0 Å². The smallest absolute Gasteiger partial charge is 0.339 e. The number of nitrogens with one attached hydrogen (secondary N) is 1. The summed E-state index contributed by atoms with van der Waals surface area (Å²) in [5, 5.41) is 0. The molecule has 150 valence electrons. The van der Waals surface area contributed by atoms with Gasteiger partial charge in [0.2, 0.25) is 0 Å². The second kappa shape index (κ2) is 8.88. The summed E-state index contributed by atoms with van der Waals surface area (Å²) in [6.45, 7) is 4.11. The van der Waals surface area contributed by atoms with Crippen molar-refractivity contribution in [3.63, 3.8) is 0 Å². The Balaban J connectivity index is 2.43. The van der Waals surface area contributed by atoms with Crippen molar-refractivity contribution in [2.45, 2.75) is 31.1 Å². The Morgan fingerprint density at radius 1 is 1.00 bits per heavy atom. The SMILES string of the molecule is CCC(C)c1ccc(S(=O)(=O)Nc2cc(C(=O)OC)ccc2C(=O)OC)cc1. The number of hydrogen-bond acceptors (Lipinski definition) is 6. The average Bonchev–Trinajstić information content (AvgIpc) is 2.71. The Hall–Kier alpha value is -2.87. The molecule has 0 spiro atoms. The number of ether oxygens (including phenoxy) is 2. The van der Waals surface area contributed by atoms with Crippen molar-refractivity contribution in [2.24, 2.45) is 0 Å². The van der Waals surface area contributed by atoms with E-state index in [4.69, 9.17) is 0 Å². The zero-order valence-corrected chi connectivity index (χ0v) is 17.0. The molecule has 1 N–H and O–H groups in total. The van der Waals surface area contributed by atoms with Crippen LogP contribution in [0, 0.1) is 0 Å². The summed E-state index contributed by atoms with van der Waals surface area (Å²) in [4.78, 5) is 23.8. The fraction of sp³-hybridized carbons (Fsp3) is 0.300. The molecule has 0 radical (unpaired) electrons. The number of hydrogen-bond donors (Lipinski definition) is 1. The second-order valence-electron chi connectivity index (χ2n) is 6.23. The third-order valence-electron chi connectivity index (χ3n) is 4.46. The van der Waals surface area contributed by atoms with Crippen LogP contribution in [0.1, 0.15) is 52.5 Å². The van der Waals surface area contributed by atoms with E-state index in [0.29, 0.717) is 5.92 Å². The van der Waals surface area contributed by atoms with Crippen LogP contribution < -0.4 is 4.72 Å². The molecule has 1 atom stereocenters. The molecule has 1 unspecified atom stereocenters. The molecule has 0 amide bonds. The zero-order chi connectivity index (χ0) is 20.9. The molecule has 0 aromatic heterocycles. The first-order valence-electron chi connectivity index (χ1n) is 8.67. The van der Waals surface area contributed by atoms with E-state index in [1.807, 2.05) is 0 Å². The largest absolute Gasteiger partial charge is 0.465 e. The number of sulfonamides is 1. The predicted octanol–water partition coefficient (Wildman–Crippen LogP) is 3.57. The lowest BCUT2D eigenvalue weighted by atomic mass is 9.99. The lowest BCUT2D eigenvalue weighted by molar-refractivity contribution is 0.0587. The van der Waals surface area contributed by atoms with Gasteiger partial charge in [0, 0.05) is 0 Å².